The van der Waals surface area contributed by atoms with Crippen molar-refractivity contribution in [2.75, 3.05) is 0 Å². The molecule has 0 heterocycles. The molecule has 0 saturated carbocycles. The zero-order valence-corrected chi connectivity index (χ0v) is 20.5. The first-order valence-corrected chi connectivity index (χ1v) is 9.06. The van der Waals surface area contributed by atoms with Crippen LogP contribution >= 0.6 is 0 Å². The molecule has 0 amide bonds. The van der Waals surface area contributed by atoms with Gasteiger partial charge in [-0.1, -0.05) is 85.8 Å². The van der Waals surface area contributed by atoms with E-state index in [2.05, 4.69) is 87.5 Å². The number of benzene rings is 2. The second kappa shape index (κ2) is 14.4. The van der Waals surface area contributed by atoms with Gasteiger partial charge in [0, 0.05) is 0 Å². The first-order chi connectivity index (χ1) is 11.7. The molecule has 3 rings (SSSR count). The molecule has 0 saturated heterocycles. The topological polar surface area (TPSA) is 0 Å². The maximum Gasteiger partial charge on any atom is 4.00 e. The van der Waals surface area contributed by atoms with E-state index in [9.17, 15) is 0 Å². The predicted molar refractivity (Wildman–Crippen MR) is 104 cm³/mol. The van der Waals surface area contributed by atoms with Gasteiger partial charge < -0.3 is 37.2 Å². The van der Waals surface area contributed by atoms with Crippen LogP contribution in [0, 0.1) is 13.8 Å². The Balaban J connectivity index is 0. The van der Waals surface area contributed by atoms with Crippen LogP contribution in [0.25, 0.3) is 0 Å². The molecule has 0 radical (unpaired) electrons. The summed E-state index contributed by atoms with van der Waals surface area (Å²) in [6, 6.07) is 24.9. The maximum absolute atomic E-state index is 2.41. The van der Waals surface area contributed by atoms with E-state index in [4.69, 9.17) is 0 Å². The van der Waals surface area contributed by atoms with Crippen LogP contribution < -0.4 is 37.2 Å². The molecule has 0 atom stereocenters. The summed E-state index contributed by atoms with van der Waals surface area (Å²) in [5.74, 6) is 0.320. The van der Waals surface area contributed by atoms with Crippen molar-refractivity contribution in [3.63, 3.8) is 0 Å². The molecule has 0 unspecified atom stereocenters. The van der Waals surface area contributed by atoms with Crippen LogP contribution in [0.1, 0.15) is 59.1 Å². The summed E-state index contributed by atoms with van der Waals surface area (Å²) in [6.45, 7) is 6.61. The molecule has 0 aliphatic carbocycles. The Kier molecular flexibility index (Phi) is 15.2. The fourth-order valence-corrected chi connectivity index (χ4v) is 3.51. The van der Waals surface area contributed by atoms with Crippen molar-refractivity contribution in [3.05, 3.63) is 100 Å². The number of hydrogen-bond acceptors (Lipinski definition) is 0. The van der Waals surface area contributed by atoms with Gasteiger partial charge in [0.25, 0.3) is 0 Å². The Morgan fingerprint density at radius 2 is 1.36 bits per heavy atom. The Hall–Kier alpha value is -0.626. The molecule has 0 bridgehead atoms. The van der Waals surface area contributed by atoms with E-state index < -0.39 is 0 Å². The molecule has 0 aliphatic heterocycles. The number of aryl methyl sites for hydroxylation is 3. The molecule has 0 spiro atoms. The number of halogens is 3. The van der Waals surface area contributed by atoms with Crippen molar-refractivity contribution in [1.82, 2.24) is 0 Å². The van der Waals surface area contributed by atoms with Crippen LogP contribution in [0.5, 0.6) is 0 Å². The third-order valence-corrected chi connectivity index (χ3v) is 4.75. The van der Waals surface area contributed by atoms with Gasteiger partial charge in [-0.3, -0.25) is 0 Å². The minimum absolute atomic E-state index is 0. The van der Waals surface area contributed by atoms with Crippen LogP contribution in [-0.4, -0.2) is 0 Å². The van der Waals surface area contributed by atoms with Gasteiger partial charge in [0.1, 0.15) is 0 Å². The summed E-state index contributed by atoms with van der Waals surface area (Å²) >= 11 is 0. The quantitative estimate of drug-likeness (QED) is 0.278. The number of hydrogen-bond donors (Lipinski definition) is 0. The first-order valence-electron chi connectivity index (χ1n) is 9.06. The van der Waals surface area contributed by atoms with Crippen molar-refractivity contribution in [1.29, 1.82) is 0 Å². The molecule has 0 fully saturated rings. The Bertz CT molecular complexity index is 765. The van der Waals surface area contributed by atoms with E-state index >= 15 is 0 Å². The van der Waals surface area contributed by atoms with Gasteiger partial charge in [0.05, 0.1) is 0 Å². The number of rotatable bonds is 6. The zero-order chi connectivity index (χ0) is 16.9. The van der Waals surface area contributed by atoms with Crippen molar-refractivity contribution in [3.8, 4) is 0 Å². The fraction of sp³-hybridized carbons (Fsp3) is 0.292. The average molecular weight is 470 g/mol. The molecule has 148 valence electrons. The largest absolute Gasteiger partial charge is 4.00 e. The Morgan fingerprint density at radius 1 is 0.821 bits per heavy atom. The van der Waals surface area contributed by atoms with E-state index in [0.717, 1.165) is 0 Å². The van der Waals surface area contributed by atoms with E-state index in [1.807, 2.05) is 0 Å². The Morgan fingerprint density at radius 3 is 1.82 bits per heavy atom. The van der Waals surface area contributed by atoms with Gasteiger partial charge in [0.2, 0.25) is 0 Å². The zero-order valence-electron chi connectivity index (χ0n) is 16.7. The van der Waals surface area contributed by atoms with Gasteiger partial charge in [0.15, 0.2) is 0 Å². The molecule has 4 heteroatoms. The molecule has 3 aromatic rings. The average Bonchev–Trinajstić information content (AvgIpc) is 3.02. The fourth-order valence-electron chi connectivity index (χ4n) is 3.51. The summed E-state index contributed by atoms with van der Waals surface area (Å²) in [5, 5.41) is 0. The molecule has 28 heavy (non-hydrogen) atoms. The molecule has 0 aromatic heterocycles. The molecule has 0 nitrogen and oxygen atoms in total. The summed E-state index contributed by atoms with van der Waals surface area (Å²) < 4.78 is 0. The smallest absolute Gasteiger partial charge is 1.00 e. The standard InChI is InChI=1S/C24H27.3ClH.Ti/c1-4-5-10-20-13-14-23(17-20)24(21-11-6-8-18(2)15-21)22-12-7-9-19(3)16-22;;;;/h6-9,11-17,24H,4-5,10H2,1-3H3;3*1H;/q-1;;;;+4/p-3. The number of unbranched alkanes of at least 4 members (excludes halogenated alkanes) is 1. The van der Waals surface area contributed by atoms with E-state index in [0.29, 0.717) is 5.92 Å². The van der Waals surface area contributed by atoms with E-state index in [-0.39, 0.29) is 58.9 Å². The van der Waals surface area contributed by atoms with E-state index in [1.165, 1.54) is 52.6 Å². The molecule has 0 N–H and O–H groups in total. The third kappa shape index (κ3) is 7.66. The SMILES string of the molecule is CCCCc1cc[c-](C(c2cccc(C)c2)c2cccc(C)c2)c1.[Cl-].[Cl-].[Cl-].[Ti+4]. The van der Waals surface area contributed by atoms with Crippen molar-refractivity contribution < 1.29 is 58.9 Å². The minimum atomic E-state index is 0. The first kappa shape index (κ1) is 29.6. The van der Waals surface area contributed by atoms with Crippen molar-refractivity contribution in [2.45, 2.75) is 46.0 Å². The van der Waals surface area contributed by atoms with Crippen LogP contribution in [-0.2, 0) is 28.1 Å². The Labute approximate surface area is 204 Å². The third-order valence-electron chi connectivity index (χ3n) is 4.75. The van der Waals surface area contributed by atoms with Crippen LogP contribution in [0.3, 0.4) is 0 Å². The normalized spacial score (nSPS) is 9.57. The van der Waals surface area contributed by atoms with Crippen molar-refractivity contribution >= 4 is 0 Å². The molecular formula is C24H27Cl3Ti. The van der Waals surface area contributed by atoms with Crippen molar-refractivity contribution in [2.24, 2.45) is 0 Å². The second-order valence-electron chi connectivity index (χ2n) is 6.92. The molecule has 0 aliphatic rings. The van der Waals surface area contributed by atoms with Gasteiger partial charge in [-0.2, -0.15) is 17.7 Å². The second-order valence-corrected chi connectivity index (χ2v) is 6.92. The summed E-state index contributed by atoms with van der Waals surface area (Å²) in [4.78, 5) is 0. The van der Waals surface area contributed by atoms with Gasteiger partial charge >= 0.3 is 21.7 Å². The predicted octanol–water partition coefficient (Wildman–Crippen LogP) is -2.45. The monoisotopic (exact) mass is 468 g/mol. The van der Waals surface area contributed by atoms with Gasteiger partial charge in [-0.25, -0.2) is 6.07 Å². The summed E-state index contributed by atoms with van der Waals surface area (Å²) in [6.07, 6.45) is 3.70. The van der Waals surface area contributed by atoms with Crippen LogP contribution in [0.2, 0.25) is 0 Å². The van der Waals surface area contributed by atoms with Gasteiger partial charge in [-0.15, -0.1) is 5.56 Å². The molecular weight excluding hydrogens is 442 g/mol. The van der Waals surface area contributed by atoms with Crippen LogP contribution in [0.15, 0.2) is 66.7 Å². The summed E-state index contributed by atoms with van der Waals surface area (Å²) in [7, 11) is 0. The van der Waals surface area contributed by atoms with E-state index in [1.54, 1.807) is 0 Å². The van der Waals surface area contributed by atoms with Crippen LogP contribution in [0.4, 0.5) is 0 Å². The minimum Gasteiger partial charge on any atom is -1.00 e. The van der Waals surface area contributed by atoms with Gasteiger partial charge in [-0.05, 0) is 30.9 Å². The molecule has 3 aromatic carbocycles. The summed E-state index contributed by atoms with van der Waals surface area (Å²) in [5.41, 5.74) is 8.29. The maximum atomic E-state index is 2.41.